The Morgan fingerprint density at radius 1 is 1.26 bits per heavy atom. The Balaban J connectivity index is 1.49. The molecule has 0 aliphatic carbocycles. The summed E-state index contributed by atoms with van der Waals surface area (Å²) in [4.78, 5) is 5.10. The summed E-state index contributed by atoms with van der Waals surface area (Å²) >= 11 is 9.56. The number of hydrogen-bond donors (Lipinski definition) is 1. The van der Waals surface area contributed by atoms with Crippen molar-refractivity contribution in [2.45, 2.75) is 12.6 Å². The smallest absolute Gasteiger partial charge is 0.0551 e. The van der Waals surface area contributed by atoms with Crippen LogP contribution in [0.5, 0.6) is 0 Å². The number of nitrogens with one attached hydrogen (secondary N) is 1. The van der Waals surface area contributed by atoms with Crippen LogP contribution in [0.1, 0.15) is 5.56 Å². The monoisotopic (exact) mass is 343 g/mol. The number of piperazine rings is 1. The first kappa shape index (κ1) is 13.8. The average molecular weight is 345 g/mol. The van der Waals surface area contributed by atoms with E-state index in [1.54, 1.807) is 0 Å². The van der Waals surface area contributed by atoms with E-state index in [0.29, 0.717) is 0 Å². The van der Waals surface area contributed by atoms with Gasteiger partial charge in [-0.3, -0.25) is 9.80 Å². The lowest BCUT2D eigenvalue weighted by Crippen LogP contribution is -2.62. The largest absolute Gasteiger partial charge is 0.314 e. The van der Waals surface area contributed by atoms with Crippen LogP contribution in [0.15, 0.2) is 22.7 Å². The fourth-order valence-corrected chi connectivity index (χ4v) is 3.30. The van der Waals surface area contributed by atoms with Crippen LogP contribution in [-0.2, 0) is 6.54 Å². The SMILES string of the molecule is Clc1cc(CN2CC(N3CCNCC3)C2)ccc1Br. The third-order valence-corrected chi connectivity index (χ3v) is 5.23. The van der Waals surface area contributed by atoms with Gasteiger partial charge >= 0.3 is 0 Å². The Hall–Kier alpha value is -0.130. The molecular weight excluding hydrogens is 326 g/mol. The van der Waals surface area contributed by atoms with Crippen molar-refractivity contribution < 1.29 is 0 Å². The predicted octanol–water partition coefficient (Wildman–Crippen LogP) is 2.19. The topological polar surface area (TPSA) is 18.5 Å². The molecule has 2 aliphatic rings. The number of likely N-dealkylation sites (tertiary alicyclic amines) is 1. The quantitative estimate of drug-likeness (QED) is 0.907. The minimum Gasteiger partial charge on any atom is -0.314 e. The molecule has 0 atom stereocenters. The van der Waals surface area contributed by atoms with Crippen LogP contribution in [0, 0.1) is 0 Å². The van der Waals surface area contributed by atoms with Crippen LogP contribution in [0.2, 0.25) is 5.02 Å². The highest BCUT2D eigenvalue weighted by Crippen LogP contribution is 2.25. The van der Waals surface area contributed by atoms with Crippen molar-refractivity contribution in [3.05, 3.63) is 33.3 Å². The van der Waals surface area contributed by atoms with E-state index in [1.165, 1.54) is 31.7 Å². The summed E-state index contributed by atoms with van der Waals surface area (Å²) in [5.74, 6) is 0. The summed E-state index contributed by atoms with van der Waals surface area (Å²) in [5.41, 5.74) is 1.30. The molecule has 2 heterocycles. The molecule has 2 saturated heterocycles. The molecule has 2 fully saturated rings. The van der Waals surface area contributed by atoms with Gasteiger partial charge in [-0.2, -0.15) is 0 Å². The maximum atomic E-state index is 6.13. The van der Waals surface area contributed by atoms with Gasteiger partial charge in [-0.15, -0.1) is 0 Å². The Kier molecular flexibility index (Phi) is 4.44. The number of nitrogens with zero attached hydrogens (tertiary/aromatic N) is 2. The van der Waals surface area contributed by atoms with Crippen LogP contribution < -0.4 is 5.32 Å². The molecule has 0 amide bonds. The molecule has 19 heavy (non-hydrogen) atoms. The second kappa shape index (κ2) is 6.10. The molecule has 1 aromatic carbocycles. The molecule has 0 radical (unpaired) electrons. The highest BCUT2D eigenvalue weighted by Gasteiger charge is 2.31. The standard InChI is InChI=1S/C14H19BrClN3/c15-13-2-1-11(7-14(13)16)8-18-9-12(10-18)19-5-3-17-4-6-19/h1-2,7,12,17H,3-6,8-10H2. The Morgan fingerprint density at radius 3 is 2.68 bits per heavy atom. The fourth-order valence-electron chi connectivity index (χ4n) is 2.85. The van der Waals surface area contributed by atoms with Gasteiger partial charge in [0.05, 0.1) is 5.02 Å². The minimum absolute atomic E-state index is 0.757. The van der Waals surface area contributed by atoms with Crippen LogP contribution in [0.25, 0.3) is 0 Å². The molecule has 0 saturated carbocycles. The number of rotatable bonds is 3. The van der Waals surface area contributed by atoms with Gasteiger partial charge in [-0.1, -0.05) is 17.7 Å². The lowest BCUT2D eigenvalue weighted by molar-refractivity contribution is 0.0223. The Bertz CT molecular complexity index is 442. The lowest BCUT2D eigenvalue weighted by atomic mass is 10.0. The summed E-state index contributed by atoms with van der Waals surface area (Å²) in [7, 11) is 0. The molecule has 1 aromatic rings. The van der Waals surface area contributed by atoms with Gasteiger partial charge in [0.1, 0.15) is 0 Å². The van der Waals surface area contributed by atoms with Gasteiger partial charge in [0, 0.05) is 56.3 Å². The average Bonchev–Trinajstić information content (AvgIpc) is 2.38. The Morgan fingerprint density at radius 2 is 2.00 bits per heavy atom. The molecule has 3 rings (SSSR count). The molecule has 0 unspecified atom stereocenters. The second-order valence-electron chi connectivity index (χ2n) is 5.38. The summed E-state index contributed by atoms with van der Waals surface area (Å²) < 4.78 is 0.972. The molecule has 3 nitrogen and oxygen atoms in total. The van der Waals surface area contributed by atoms with Gasteiger partial charge in [0.15, 0.2) is 0 Å². The zero-order chi connectivity index (χ0) is 13.2. The minimum atomic E-state index is 0.757. The van der Waals surface area contributed by atoms with Crippen LogP contribution in [0.4, 0.5) is 0 Å². The van der Waals surface area contributed by atoms with Gasteiger partial charge in [0.25, 0.3) is 0 Å². The zero-order valence-electron chi connectivity index (χ0n) is 10.9. The first-order valence-electron chi connectivity index (χ1n) is 6.83. The van der Waals surface area contributed by atoms with E-state index in [0.717, 1.165) is 35.2 Å². The van der Waals surface area contributed by atoms with E-state index in [4.69, 9.17) is 11.6 Å². The first-order chi connectivity index (χ1) is 9.22. The maximum absolute atomic E-state index is 6.13. The van der Waals surface area contributed by atoms with E-state index >= 15 is 0 Å². The molecule has 0 aromatic heterocycles. The molecule has 0 spiro atoms. The zero-order valence-corrected chi connectivity index (χ0v) is 13.3. The number of hydrogen-bond acceptors (Lipinski definition) is 3. The van der Waals surface area contributed by atoms with E-state index in [2.05, 4.69) is 43.2 Å². The molecule has 1 N–H and O–H groups in total. The third kappa shape index (κ3) is 3.31. The maximum Gasteiger partial charge on any atom is 0.0551 e. The van der Waals surface area contributed by atoms with Crippen molar-refractivity contribution >= 4 is 27.5 Å². The fraction of sp³-hybridized carbons (Fsp3) is 0.571. The van der Waals surface area contributed by atoms with Gasteiger partial charge in [-0.25, -0.2) is 0 Å². The van der Waals surface area contributed by atoms with Crippen LogP contribution in [-0.4, -0.2) is 55.1 Å². The van der Waals surface area contributed by atoms with E-state index in [1.807, 2.05) is 6.07 Å². The van der Waals surface area contributed by atoms with Gasteiger partial charge in [0.2, 0.25) is 0 Å². The molecule has 104 valence electrons. The van der Waals surface area contributed by atoms with Crippen molar-refractivity contribution in [3.63, 3.8) is 0 Å². The van der Waals surface area contributed by atoms with Crippen molar-refractivity contribution in [1.82, 2.24) is 15.1 Å². The van der Waals surface area contributed by atoms with Gasteiger partial charge in [-0.05, 0) is 33.6 Å². The van der Waals surface area contributed by atoms with Crippen LogP contribution >= 0.6 is 27.5 Å². The predicted molar refractivity (Wildman–Crippen MR) is 82.7 cm³/mol. The van der Waals surface area contributed by atoms with Gasteiger partial charge < -0.3 is 5.32 Å². The van der Waals surface area contributed by atoms with E-state index in [-0.39, 0.29) is 0 Å². The van der Waals surface area contributed by atoms with E-state index in [9.17, 15) is 0 Å². The van der Waals surface area contributed by atoms with Crippen molar-refractivity contribution in [2.24, 2.45) is 0 Å². The Labute approximate surface area is 128 Å². The summed E-state index contributed by atoms with van der Waals surface area (Å²) in [5, 5.41) is 4.21. The molecule has 2 aliphatic heterocycles. The summed E-state index contributed by atoms with van der Waals surface area (Å²) in [6, 6.07) is 7.00. The molecular formula is C14H19BrClN3. The molecule has 0 bridgehead atoms. The van der Waals surface area contributed by atoms with Crippen LogP contribution in [0.3, 0.4) is 0 Å². The highest BCUT2D eigenvalue weighted by molar-refractivity contribution is 9.10. The van der Waals surface area contributed by atoms with Crippen molar-refractivity contribution in [3.8, 4) is 0 Å². The summed E-state index contributed by atoms with van der Waals surface area (Å²) in [6.07, 6.45) is 0. The highest BCUT2D eigenvalue weighted by atomic mass is 79.9. The lowest BCUT2D eigenvalue weighted by Gasteiger charge is -2.47. The number of benzene rings is 1. The second-order valence-corrected chi connectivity index (χ2v) is 6.64. The number of halogens is 2. The third-order valence-electron chi connectivity index (χ3n) is 4.00. The first-order valence-corrected chi connectivity index (χ1v) is 8.00. The molecule has 5 heteroatoms. The summed E-state index contributed by atoms with van der Waals surface area (Å²) in [6.45, 7) is 8.06. The normalized spacial score (nSPS) is 22.4. The van der Waals surface area contributed by atoms with Crippen molar-refractivity contribution in [1.29, 1.82) is 0 Å². The van der Waals surface area contributed by atoms with Crippen molar-refractivity contribution in [2.75, 3.05) is 39.3 Å². The van der Waals surface area contributed by atoms with E-state index < -0.39 is 0 Å².